The molecule has 152 valence electrons. The summed E-state index contributed by atoms with van der Waals surface area (Å²) in [7, 11) is 0. The summed E-state index contributed by atoms with van der Waals surface area (Å²) in [6.07, 6.45) is 3.79. The lowest BCUT2D eigenvalue weighted by Crippen LogP contribution is -2.52. The lowest BCUT2D eigenvalue weighted by atomic mass is 9.95. The second kappa shape index (κ2) is 9.05. The molecule has 0 saturated carbocycles. The standard InChI is InChI=1S/C22H31N3O3/c26-21(23-12-14-28-15-13-23)19-8-4-11-25(17-19)22(27)20-9-5-10-24(20)16-18-6-2-1-3-7-18/h1-3,6-7,19-20H,4-5,8-17H2. The third-order valence-electron chi connectivity index (χ3n) is 6.28. The zero-order valence-corrected chi connectivity index (χ0v) is 16.6. The van der Waals surface area contributed by atoms with Crippen molar-refractivity contribution >= 4 is 11.8 Å². The van der Waals surface area contributed by atoms with E-state index in [1.807, 2.05) is 15.9 Å². The minimum Gasteiger partial charge on any atom is -0.378 e. The van der Waals surface area contributed by atoms with E-state index in [2.05, 4.69) is 29.2 Å². The number of ether oxygens (including phenoxy) is 1. The van der Waals surface area contributed by atoms with Crippen molar-refractivity contribution in [3.8, 4) is 0 Å². The Kier molecular flexibility index (Phi) is 6.27. The van der Waals surface area contributed by atoms with Gasteiger partial charge in [-0.15, -0.1) is 0 Å². The molecule has 1 aromatic carbocycles. The second-order valence-electron chi connectivity index (χ2n) is 8.18. The van der Waals surface area contributed by atoms with Gasteiger partial charge in [0, 0.05) is 32.7 Å². The fourth-order valence-electron chi connectivity index (χ4n) is 4.74. The van der Waals surface area contributed by atoms with E-state index in [0.717, 1.165) is 45.3 Å². The van der Waals surface area contributed by atoms with Gasteiger partial charge in [-0.3, -0.25) is 14.5 Å². The van der Waals surface area contributed by atoms with E-state index >= 15 is 0 Å². The minimum absolute atomic E-state index is 0.0440. The van der Waals surface area contributed by atoms with Crippen LogP contribution in [0.3, 0.4) is 0 Å². The fourth-order valence-corrected chi connectivity index (χ4v) is 4.74. The first-order valence-electron chi connectivity index (χ1n) is 10.7. The van der Waals surface area contributed by atoms with Crippen LogP contribution in [0.1, 0.15) is 31.2 Å². The van der Waals surface area contributed by atoms with Gasteiger partial charge in [0.2, 0.25) is 11.8 Å². The van der Waals surface area contributed by atoms with Gasteiger partial charge in [0.1, 0.15) is 0 Å². The summed E-state index contributed by atoms with van der Waals surface area (Å²) < 4.78 is 5.36. The van der Waals surface area contributed by atoms with Crippen LogP contribution in [0.2, 0.25) is 0 Å². The molecular formula is C22H31N3O3. The van der Waals surface area contributed by atoms with E-state index in [4.69, 9.17) is 4.74 Å². The van der Waals surface area contributed by atoms with Gasteiger partial charge in [0.05, 0.1) is 25.2 Å². The molecule has 4 rings (SSSR count). The minimum atomic E-state index is -0.0558. The molecule has 2 unspecified atom stereocenters. The van der Waals surface area contributed by atoms with Gasteiger partial charge < -0.3 is 14.5 Å². The van der Waals surface area contributed by atoms with Crippen molar-refractivity contribution in [3.63, 3.8) is 0 Å². The normalized spacial score (nSPS) is 26.4. The molecule has 2 atom stereocenters. The lowest BCUT2D eigenvalue weighted by Gasteiger charge is -2.38. The van der Waals surface area contributed by atoms with Gasteiger partial charge in [0.15, 0.2) is 0 Å². The van der Waals surface area contributed by atoms with Crippen LogP contribution in [0.5, 0.6) is 0 Å². The molecule has 0 aliphatic carbocycles. The first-order valence-corrected chi connectivity index (χ1v) is 10.7. The van der Waals surface area contributed by atoms with Crippen LogP contribution in [0.25, 0.3) is 0 Å². The highest BCUT2D eigenvalue weighted by molar-refractivity contribution is 5.84. The van der Waals surface area contributed by atoms with Gasteiger partial charge in [-0.2, -0.15) is 0 Å². The van der Waals surface area contributed by atoms with Gasteiger partial charge in [-0.05, 0) is 37.8 Å². The molecule has 28 heavy (non-hydrogen) atoms. The largest absolute Gasteiger partial charge is 0.378 e. The number of hydrogen-bond acceptors (Lipinski definition) is 4. The maximum absolute atomic E-state index is 13.3. The summed E-state index contributed by atoms with van der Waals surface area (Å²) in [6.45, 7) is 5.74. The van der Waals surface area contributed by atoms with Crippen molar-refractivity contribution in [2.75, 3.05) is 45.9 Å². The average Bonchev–Trinajstić information content (AvgIpc) is 3.22. The molecule has 3 heterocycles. The highest BCUT2D eigenvalue weighted by atomic mass is 16.5. The van der Waals surface area contributed by atoms with Crippen molar-refractivity contribution in [1.82, 2.24) is 14.7 Å². The third kappa shape index (κ3) is 4.39. The fraction of sp³-hybridized carbons (Fsp3) is 0.636. The van der Waals surface area contributed by atoms with Crippen molar-refractivity contribution in [2.45, 2.75) is 38.3 Å². The van der Waals surface area contributed by atoms with Crippen LogP contribution in [0.4, 0.5) is 0 Å². The number of hydrogen-bond donors (Lipinski definition) is 0. The Balaban J connectivity index is 1.37. The summed E-state index contributed by atoms with van der Waals surface area (Å²) in [6, 6.07) is 10.3. The van der Waals surface area contributed by atoms with Crippen LogP contribution in [0.15, 0.2) is 30.3 Å². The van der Waals surface area contributed by atoms with Crippen molar-refractivity contribution in [1.29, 1.82) is 0 Å². The zero-order chi connectivity index (χ0) is 19.3. The maximum Gasteiger partial charge on any atom is 0.239 e. The van der Waals surface area contributed by atoms with Gasteiger partial charge in [-0.25, -0.2) is 0 Å². The van der Waals surface area contributed by atoms with E-state index in [-0.39, 0.29) is 23.8 Å². The quantitative estimate of drug-likeness (QED) is 0.792. The molecular weight excluding hydrogens is 354 g/mol. The molecule has 0 bridgehead atoms. The maximum atomic E-state index is 13.3. The Morgan fingerprint density at radius 3 is 2.43 bits per heavy atom. The number of benzene rings is 1. The first-order chi connectivity index (χ1) is 13.7. The Morgan fingerprint density at radius 2 is 1.64 bits per heavy atom. The molecule has 2 amide bonds. The molecule has 3 aliphatic rings. The van der Waals surface area contributed by atoms with Crippen LogP contribution >= 0.6 is 0 Å². The number of carbonyl (C=O) groups excluding carboxylic acids is 2. The number of nitrogens with zero attached hydrogens (tertiary/aromatic N) is 3. The molecule has 1 aromatic rings. The van der Waals surface area contributed by atoms with Crippen molar-refractivity contribution < 1.29 is 14.3 Å². The van der Waals surface area contributed by atoms with Crippen molar-refractivity contribution in [3.05, 3.63) is 35.9 Å². The average molecular weight is 386 g/mol. The van der Waals surface area contributed by atoms with E-state index in [0.29, 0.717) is 32.8 Å². The van der Waals surface area contributed by atoms with Crippen LogP contribution in [-0.4, -0.2) is 78.5 Å². The summed E-state index contributed by atoms with van der Waals surface area (Å²) >= 11 is 0. The molecule has 3 fully saturated rings. The molecule has 0 radical (unpaired) electrons. The Labute approximate surface area is 167 Å². The van der Waals surface area contributed by atoms with Gasteiger partial charge in [0.25, 0.3) is 0 Å². The lowest BCUT2D eigenvalue weighted by molar-refractivity contribution is -0.145. The summed E-state index contributed by atoms with van der Waals surface area (Å²) in [5.41, 5.74) is 1.25. The summed E-state index contributed by atoms with van der Waals surface area (Å²) in [5.74, 6) is 0.362. The molecule has 3 saturated heterocycles. The molecule has 6 heteroatoms. The van der Waals surface area contributed by atoms with Crippen molar-refractivity contribution in [2.24, 2.45) is 5.92 Å². The number of morpholine rings is 1. The predicted molar refractivity (Wildman–Crippen MR) is 107 cm³/mol. The molecule has 6 nitrogen and oxygen atoms in total. The molecule has 0 spiro atoms. The number of piperidine rings is 1. The van der Waals surface area contributed by atoms with Crippen LogP contribution in [-0.2, 0) is 20.9 Å². The Hall–Kier alpha value is -1.92. The smallest absolute Gasteiger partial charge is 0.239 e. The first kappa shape index (κ1) is 19.4. The third-order valence-corrected chi connectivity index (χ3v) is 6.28. The number of amides is 2. The number of carbonyl (C=O) groups is 2. The number of likely N-dealkylation sites (tertiary alicyclic amines) is 2. The monoisotopic (exact) mass is 385 g/mol. The van der Waals surface area contributed by atoms with E-state index in [9.17, 15) is 9.59 Å². The second-order valence-corrected chi connectivity index (χ2v) is 8.18. The number of rotatable bonds is 4. The SMILES string of the molecule is O=C(C1CCCN(C(=O)C2CCCN2Cc2ccccc2)C1)N1CCOCC1. The van der Waals surface area contributed by atoms with Gasteiger partial charge in [-0.1, -0.05) is 30.3 Å². The topological polar surface area (TPSA) is 53.1 Å². The highest BCUT2D eigenvalue weighted by Crippen LogP contribution is 2.25. The molecule has 3 aliphatic heterocycles. The summed E-state index contributed by atoms with van der Waals surface area (Å²) in [4.78, 5) is 32.3. The van der Waals surface area contributed by atoms with Crippen LogP contribution in [0, 0.1) is 5.92 Å². The van der Waals surface area contributed by atoms with E-state index in [1.54, 1.807) is 0 Å². The summed E-state index contributed by atoms with van der Waals surface area (Å²) in [5, 5.41) is 0. The van der Waals surface area contributed by atoms with Gasteiger partial charge >= 0.3 is 0 Å². The molecule has 0 aromatic heterocycles. The zero-order valence-electron chi connectivity index (χ0n) is 16.6. The Bertz CT molecular complexity index is 675. The van der Waals surface area contributed by atoms with E-state index < -0.39 is 0 Å². The molecule has 0 N–H and O–H groups in total. The predicted octanol–water partition coefficient (Wildman–Crippen LogP) is 1.75. The Morgan fingerprint density at radius 1 is 0.893 bits per heavy atom. The van der Waals surface area contributed by atoms with E-state index in [1.165, 1.54) is 5.56 Å². The van der Waals surface area contributed by atoms with Crippen LogP contribution < -0.4 is 0 Å². The highest BCUT2D eigenvalue weighted by Gasteiger charge is 2.37.